The van der Waals surface area contributed by atoms with Gasteiger partial charge in [0.1, 0.15) is 0 Å². The first-order valence-electron chi connectivity index (χ1n) is 6.33. The molecule has 0 amide bonds. The second-order valence-electron chi connectivity index (χ2n) is 4.83. The van der Waals surface area contributed by atoms with Crippen molar-refractivity contribution >= 4 is 17.3 Å². The van der Waals surface area contributed by atoms with Crippen molar-refractivity contribution in [1.29, 1.82) is 0 Å². The predicted molar refractivity (Wildman–Crippen MR) is 72.8 cm³/mol. The molecule has 2 rings (SSSR count). The molecule has 0 aliphatic carbocycles. The lowest BCUT2D eigenvalue weighted by atomic mass is 9.93. The maximum Gasteiger partial charge on any atom is 0.0455 e. The first-order valence-corrected chi connectivity index (χ1v) is 6.71. The molecule has 1 aromatic carbocycles. The van der Waals surface area contributed by atoms with Gasteiger partial charge in [-0.05, 0) is 49.8 Å². The van der Waals surface area contributed by atoms with Gasteiger partial charge in [0.15, 0.2) is 0 Å². The van der Waals surface area contributed by atoms with E-state index in [1.54, 1.807) is 0 Å². The number of aliphatic hydroxyl groups is 1. The van der Waals surface area contributed by atoms with Crippen LogP contribution < -0.4 is 4.90 Å². The molecule has 2 nitrogen and oxygen atoms in total. The minimum absolute atomic E-state index is 0.320. The number of halogens is 1. The van der Waals surface area contributed by atoms with Crippen molar-refractivity contribution in [2.45, 2.75) is 26.2 Å². The molecule has 0 saturated carbocycles. The molecule has 1 aliphatic rings. The lowest BCUT2D eigenvalue weighted by Gasteiger charge is -2.34. The number of hydrogen-bond donors (Lipinski definition) is 1. The molecule has 94 valence electrons. The number of benzene rings is 1. The summed E-state index contributed by atoms with van der Waals surface area (Å²) in [7, 11) is 0. The van der Waals surface area contributed by atoms with E-state index in [1.807, 2.05) is 12.1 Å². The Hall–Kier alpha value is -0.730. The standard InChI is InChI=1S/C14H20ClNO/c1-11-13(15)3-2-4-14(11)16-8-5-12(6-9-16)7-10-17/h2-4,12,17H,5-10H2,1H3. The molecule has 0 radical (unpaired) electrons. The minimum atomic E-state index is 0.320. The van der Waals surface area contributed by atoms with Gasteiger partial charge in [-0.3, -0.25) is 0 Å². The summed E-state index contributed by atoms with van der Waals surface area (Å²) in [6.45, 7) is 4.55. The Kier molecular flexibility index (Phi) is 4.30. The number of anilines is 1. The second kappa shape index (κ2) is 5.74. The van der Waals surface area contributed by atoms with E-state index in [0.717, 1.165) is 24.5 Å². The Labute approximate surface area is 108 Å². The van der Waals surface area contributed by atoms with Crippen LogP contribution in [0.1, 0.15) is 24.8 Å². The van der Waals surface area contributed by atoms with Crippen LogP contribution >= 0.6 is 11.6 Å². The average molecular weight is 254 g/mol. The molecule has 3 heteroatoms. The molecule has 1 aliphatic heterocycles. The maximum absolute atomic E-state index is 8.95. The molecule has 1 aromatic rings. The van der Waals surface area contributed by atoms with E-state index in [9.17, 15) is 0 Å². The second-order valence-corrected chi connectivity index (χ2v) is 5.23. The summed E-state index contributed by atoms with van der Waals surface area (Å²) in [6, 6.07) is 6.11. The van der Waals surface area contributed by atoms with Crippen LogP contribution in [-0.4, -0.2) is 24.8 Å². The Morgan fingerprint density at radius 3 is 2.71 bits per heavy atom. The van der Waals surface area contributed by atoms with Gasteiger partial charge in [0, 0.05) is 30.4 Å². The molecular formula is C14H20ClNO. The molecule has 1 N–H and O–H groups in total. The van der Waals surface area contributed by atoms with Crippen LogP contribution in [0.5, 0.6) is 0 Å². The van der Waals surface area contributed by atoms with Gasteiger partial charge in [-0.1, -0.05) is 17.7 Å². The van der Waals surface area contributed by atoms with Crippen molar-refractivity contribution < 1.29 is 5.11 Å². The zero-order valence-electron chi connectivity index (χ0n) is 10.3. The van der Waals surface area contributed by atoms with Crippen LogP contribution in [-0.2, 0) is 0 Å². The molecule has 0 atom stereocenters. The SMILES string of the molecule is Cc1c(Cl)cccc1N1CCC(CCO)CC1. The van der Waals surface area contributed by atoms with E-state index in [-0.39, 0.29) is 0 Å². The lowest BCUT2D eigenvalue weighted by molar-refractivity contribution is 0.240. The zero-order valence-corrected chi connectivity index (χ0v) is 11.1. The first-order chi connectivity index (χ1) is 8.22. The van der Waals surface area contributed by atoms with E-state index < -0.39 is 0 Å². The largest absolute Gasteiger partial charge is 0.396 e. The summed E-state index contributed by atoms with van der Waals surface area (Å²) in [4.78, 5) is 2.41. The topological polar surface area (TPSA) is 23.5 Å². The summed E-state index contributed by atoms with van der Waals surface area (Å²) in [6.07, 6.45) is 3.29. The molecule has 17 heavy (non-hydrogen) atoms. The number of aliphatic hydroxyl groups excluding tert-OH is 1. The first kappa shape index (κ1) is 12.7. The third-order valence-corrected chi connectivity index (χ3v) is 4.14. The van der Waals surface area contributed by atoms with Gasteiger partial charge >= 0.3 is 0 Å². The molecular weight excluding hydrogens is 234 g/mol. The van der Waals surface area contributed by atoms with Gasteiger partial charge in [-0.15, -0.1) is 0 Å². The number of hydrogen-bond acceptors (Lipinski definition) is 2. The Morgan fingerprint density at radius 1 is 1.35 bits per heavy atom. The van der Waals surface area contributed by atoms with Crippen LogP contribution in [0.4, 0.5) is 5.69 Å². The molecule has 0 bridgehead atoms. The Bertz CT molecular complexity index is 372. The highest BCUT2D eigenvalue weighted by atomic mass is 35.5. The number of piperidine rings is 1. The van der Waals surface area contributed by atoms with Crippen molar-refractivity contribution in [3.05, 3.63) is 28.8 Å². The van der Waals surface area contributed by atoms with E-state index >= 15 is 0 Å². The normalized spacial score (nSPS) is 17.5. The lowest BCUT2D eigenvalue weighted by Crippen LogP contribution is -2.34. The number of rotatable bonds is 3. The van der Waals surface area contributed by atoms with Gasteiger partial charge in [0.05, 0.1) is 0 Å². The van der Waals surface area contributed by atoms with Crippen molar-refractivity contribution in [3.8, 4) is 0 Å². The zero-order chi connectivity index (χ0) is 12.3. The van der Waals surface area contributed by atoms with Gasteiger partial charge < -0.3 is 10.0 Å². The third kappa shape index (κ3) is 2.93. The highest BCUT2D eigenvalue weighted by Crippen LogP contribution is 2.30. The van der Waals surface area contributed by atoms with Crippen LogP contribution in [0.15, 0.2) is 18.2 Å². The van der Waals surface area contributed by atoms with Crippen LogP contribution in [0.3, 0.4) is 0 Å². The summed E-state index contributed by atoms with van der Waals surface area (Å²) in [5.74, 6) is 0.691. The smallest absolute Gasteiger partial charge is 0.0455 e. The highest BCUT2D eigenvalue weighted by molar-refractivity contribution is 6.31. The van der Waals surface area contributed by atoms with Gasteiger partial charge in [0.25, 0.3) is 0 Å². The molecule has 0 aromatic heterocycles. The van der Waals surface area contributed by atoms with Crippen LogP contribution in [0.25, 0.3) is 0 Å². The third-order valence-electron chi connectivity index (χ3n) is 3.73. The quantitative estimate of drug-likeness (QED) is 0.894. The van der Waals surface area contributed by atoms with Crippen molar-refractivity contribution in [2.24, 2.45) is 5.92 Å². The fourth-order valence-corrected chi connectivity index (χ4v) is 2.75. The monoisotopic (exact) mass is 253 g/mol. The fourth-order valence-electron chi connectivity index (χ4n) is 2.58. The summed E-state index contributed by atoms with van der Waals surface area (Å²) < 4.78 is 0. The predicted octanol–water partition coefficient (Wildman–Crippen LogP) is 3.25. The summed E-state index contributed by atoms with van der Waals surface area (Å²) in [5, 5.41) is 9.80. The molecule has 0 spiro atoms. The van der Waals surface area contributed by atoms with Gasteiger partial charge in [-0.25, -0.2) is 0 Å². The minimum Gasteiger partial charge on any atom is -0.396 e. The van der Waals surface area contributed by atoms with E-state index in [2.05, 4.69) is 17.9 Å². The average Bonchev–Trinajstić information content (AvgIpc) is 2.34. The van der Waals surface area contributed by atoms with Crippen LogP contribution in [0, 0.1) is 12.8 Å². The molecule has 1 fully saturated rings. The van der Waals surface area contributed by atoms with Crippen LogP contribution in [0.2, 0.25) is 5.02 Å². The van der Waals surface area contributed by atoms with E-state index in [4.69, 9.17) is 16.7 Å². The van der Waals surface area contributed by atoms with E-state index in [1.165, 1.54) is 24.1 Å². The van der Waals surface area contributed by atoms with Gasteiger partial charge in [-0.2, -0.15) is 0 Å². The Morgan fingerprint density at radius 2 is 2.06 bits per heavy atom. The molecule has 1 saturated heterocycles. The maximum atomic E-state index is 8.95. The van der Waals surface area contributed by atoms with Crippen molar-refractivity contribution in [1.82, 2.24) is 0 Å². The molecule has 0 unspecified atom stereocenters. The number of nitrogens with zero attached hydrogens (tertiary/aromatic N) is 1. The fraction of sp³-hybridized carbons (Fsp3) is 0.571. The summed E-state index contributed by atoms with van der Waals surface area (Å²) >= 11 is 6.15. The van der Waals surface area contributed by atoms with Crippen molar-refractivity contribution in [3.63, 3.8) is 0 Å². The summed E-state index contributed by atoms with van der Waals surface area (Å²) in [5.41, 5.74) is 2.44. The van der Waals surface area contributed by atoms with Gasteiger partial charge in [0.2, 0.25) is 0 Å². The molecule has 1 heterocycles. The van der Waals surface area contributed by atoms with Crippen molar-refractivity contribution in [2.75, 3.05) is 24.6 Å². The van der Waals surface area contributed by atoms with E-state index in [0.29, 0.717) is 12.5 Å². The highest BCUT2D eigenvalue weighted by Gasteiger charge is 2.20. The Balaban J connectivity index is 2.03.